The summed E-state index contributed by atoms with van der Waals surface area (Å²) < 4.78 is 10.3. The Hall–Kier alpha value is -1.39. The fourth-order valence-electron chi connectivity index (χ4n) is 1.98. The molecule has 4 nitrogen and oxygen atoms in total. The average Bonchev–Trinajstić information content (AvgIpc) is 2.46. The Morgan fingerprint density at radius 2 is 2.00 bits per heavy atom. The van der Waals surface area contributed by atoms with E-state index in [1.165, 1.54) is 0 Å². The van der Waals surface area contributed by atoms with Crippen LogP contribution in [-0.2, 0) is 20.9 Å². The van der Waals surface area contributed by atoms with Crippen molar-refractivity contribution in [1.29, 1.82) is 0 Å². The number of esters is 1. The van der Waals surface area contributed by atoms with E-state index in [2.05, 4.69) is 4.90 Å². The summed E-state index contributed by atoms with van der Waals surface area (Å²) in [5.74, 6) is -0.265. The number of ether oxygens (including phenoxy) is 2. The van der Waals surface area contributed by atoms with E-state index >= 15 is 0 Å². The fourth-order valence-corrected chi connectivity index (χ4v) is 1.98. The van der Waals surface area contributed by atoms with Crippen LogP contribution in [0.5, 0.6) is 0 Å². The first-order valence-electron chi connectivity index (χ1n) is 7.01. The second-order valence-electron chi connectivity index (χ2n) is 5.10. The van der Waals surface area contributed by atoms with Gasteiger partial charge in [-0.2, -0.15) is 0 Å². The first-order valence-corrected chi connectivity index (χ1v) is 7.01. The zero-order valence-corrected chi connectivity index (χ0v) is 12.7. The first kappa shape index (κ1) is 16.7. The van der Waals surface area contributed by atoms with Gasteiger partial charge in [0.15, 0.2) is 0 Å². The molecule has 0 saturated heterocycles. The summed E-state index contributed by atoms with van der Waals surface area (Å²) in [7, 11) is 3.71. The second-order valence-corrected chi connectivity index (χ2v) is 5.10. The maximum Gasteiger partial charge on any atom is 0.310 e. The van der Waals surface area contributed by atoms with Gasteiger partial charge in [0, 0.05) is 26.8 Å². The predicted molar refractivity (Wildman–Crippen MR) is 79.4 cm³/mol. The highest BCUT2D eigenvalue weighted by molar-refractivity contribution is 5.72. The van der Waals surface area contributed by atoms with E-state index in [1.807, 2.05) is 44.3 Å². The molecule has 0 aliphatic rings. The molecule has 0 saturated carbocycles. The molecule has 1 unspecified atom stereocenters. The number of hydrogen-bond acceptors (Lipinski definition) is 4. The topological polar surface area (TPSA) is 38.8 Å². The molecule has 1 aromatic carbocycles. The summed E-state index contributed by atoms with van der Waals surface area (Å²) in [6, 6.07) is 9.74. The van der Waals surface area contributed by atoms with Crippen molar-refractivity contribution < 1.29 is 14.3 Å². The summed E-state index contributed by atoms with van der Waals surface area (Å²) in [5.41, 5.74) is 1.02. The molecule has 112 valence electrons. The largest absolute Gasteiger partial charge is 0.461 e. The van der Waals surface area contributed by atoms with Gasteiger partial charge in [-0.15, -0.1) is 0 Å². The van der Waals surface area contributed by atoms with E-state index in [-0.39, 0.29) is 11.9 Å². The highest BCUT2D eigenvalue weighted by Gasteiger charge is 2.16. The van der Waals surface area contributed by atoms with Crippen LogP contribution in [0.4, 0.5) is 0 Å². The highest BCUT2D eigenvalue weighted by atomic mass is 16.5. The summed E-state index contributed by atoms with van der Waals surface area (Å²) >= 11 is 0. The van der Waals surface area contributed by atoms with Gasteiger partial charge < -0.3 is 14.4 Å². The molecule has 0 aromatic heterocycles. The van der Waals surface area contributed by atoms with Crippen LogP contribution in [-0.4, -0.2) is 44.7 Å². The molecule has 0 heterocycles. The fraction of sp³-hybridized carbons (Fsp3) is 0.562. The number of rotatable bonds is 9. The maximum atomic E-state index is 11.9. The van der Waals surface area contributed by atoms with Crippen molar-refractivity contribution in [2.45, 2.75) is 20.0 Å². The van der Waals surface area contributed by atoms with Crippen molar-refractivity contribution in [2.24, 2.45) is 5.92 Å². The third kappa shape index (κ3) is 6.68. The Balaban J connectivity index is 2.25. The lowest BCUT2D eigenvalue weighted by Gasteiger charge is -2.20. The molecule has 0 fully saturated rings. The van der Waals surface area contributed by atoms with Crippen LogP contribution < -0.4 is 0 Å². The zero-order valence-electron chi connectivity index (χ0n) is 12.7. The van der Waals surface area contributed by atoms with Gasteiger partial charge in [0.25, 0.3) is 0 Å². The molecule has 0 aliphatic carbocycles. The van der Waals surface area contributed by atoms with Crippen LogP contribution in [0.1, 0.15) is 18.9 Å². The van der Waals surface area contributed by atoms with Crippen molar-refractivity contribution in [1.82, 2.24) is 4.90 Å². The lowest BCUT2D eigenvalue weighted by molar-refractivity contribution is -0.149. The summed E-state index contributed by atoms with van der Waals surface area (Å²) in [4.78, 5) is 14.0. The SMILES string of the molecule is COCCCN(C)CC(C)C(=O)OCc1ccccc1. The molecule has 0 radical (unpaired) electrons. The Kier molecular flexibility index (Phi) is 7.92. The number of carbonyl (C=O) groups is 1. The maximum absolute atomic E-state index is 11.9. The molecular weight excluding hydrogens is 254 g/mol. The smallest absolute Gasteiger partial charge is 0.310 e. The Morgan fingerprint density at radius 1 is 1.30 bits per heavy atom. The van der Waals surface area contributed by atoms with Gasteiger partial charge in [0.1, 0.15) is 6.61 Å². The number of carbonyl (C=O) groups excluding carboxylic acids is 1. The van der Waals surface area contributed by atoms with Crippen molar-refractivity contribution >= 4 is 5.97 Å². The van der Waals surface area contributed by atoms with Crippen LogP contribution in [0.15, 0.2) is 30.3 Å². The molecular formula is C16H25NO3. The van der Waals surface area contributed by atoms with E-state index in [0.717, 1.165) is 25.1 Å². The third-order valence-corrected chi connectivity index (χ3v) is 3.10. The van der Waals surface area contributed by atoms with Gasteiger partial charge in [-0.1, -0.05) is 37.3 Å². The monoisotopic (exact) mass is 279 g/mol. The van der Waals surface area contributed by atoms with Gasteiger partial charge in [0.05, 0.1) is 5.92 Å². The molecule has 0 aliphatic heterocycles. The van der Waals surface area contributed by atoms with E-state index in [9.17, 15) is 4.79 Å². The van der Waals surface area contributed by atoms with Crippen molar-refractivity contribution in [3.8, 4) is 0 Å². The predicted octanol–water partition coefficient (Wildman–Crippen LogP) is 2.33. The standard InChI is InChI=1S/C16H25NO3/c1-14(12-17(2)10-7-11-19-3)16(18)20-13-15-8-5-4-6-9-15/h4-6,8-9,14H,7,10-13H2,1-3H3. The molecule has 0 N–H and O–H groups in total. The van der Waals surface area contributed by atoms with Crippen molar-refractivity contribution in [2.75, 3.05) is 33.9 Å². The number of benzene rings is 1. The van der Waals surface area contributed by atoms with E-state index in [1.54, 1.807) is 7.11 Å². The minimum atomic E-state index is -0.146. The van der Waals surface area contributed by atoms with Gasteiger partial charge in [-0.3, -0.25) is 4.79 Å². The van der Waals surface area contributed by atoms with Crippen molar-refractivity contribution in [3.05, 3.63) is 35.9 Å². The van der Waals surface area contributed by atoms with Crippen LogP contribution in [0.25, 0.3) is 0 Å². The van der Waals surface area contributed by atoms with Gasteiger partial charge in [-0.05, 0) is 19.0 Å². The minimum Gasteiger partial charge on any atom is -0.461 e. The molecule has 4 heteroatoms. The number of nitrogens with zero attached hydrogens (tertiary/aromatic N) is 1. The van der Waals surface area contributed by atoms with E-state index in [4.69, 9.17) is 9.47 Å². The number of methoxy groups -OCH3 is 1. The minimum absolute atomic E-state index is 0.119. The normalized spacial score (nSPS) is 12.4. The molecule has 0 amide bonds. The Bertz CT molecular complexity index is 381. The summed E-state index contributed by atoms with van der Waals surface area (Å²) in [6.07, 6.45) is 0.971. The lowest BCUT2D eigenvalue weighted by Crippen LogP contribution is -2.30. The molecule has 1 atom stereocenters. The van der Waals surface area contributed by atoms with Gasteiger partial charge in [0.2, 0.25) is 0 Å². The molecule has 1 rings (SSSR count). The van der Waals surface area contributed by atoms with Crippen LogP contribution in [0.3, 0.4) is 0 Å². The van der Waals surface area contributed by atoms with Crippen LogP contribution >= 0.6 is 0 Å². The van der Waals surface area contributed by atoms with Crippen LogP contribution in [0.2, 0.25) is 0 Å². The first-order chi connectivity index (χ1) is 9.63. The summed E-state index contributed by atoms with van der Waals surface area (Å²) in [6.45, 7) is 4.62. The van der Waals surface area contributed by atoms with Gasteiger partial charge in [-0.25, -0.2) is 0 Å². The Labute approximate surface area is 121 Å². The quantitative estimate of drug-likeness (QED) is 0.514. The van der Waals surface area contributed by atoms with Crippen LogP contribution in [0, 0.1) is 5.92 Å². The molecule has 1 aromatic rings. The third-order valence-electron chi connectivity index (χ3n) is 3.10. The summed E-state index contributed by atoms with van der Waals surface area (Å²) in [5, 5.41) is 0. The van der Waals surface area contributed by atoms with E-state index in [0.29, 0.717) is 13.2 Å². The van der Waals surface area contributed by atoms with Gasteiger partial charge >= 0.3 is 5.97 Å². The number of hydrogen-bond donors (Lipinski definition) is 0. The second kappa shape index (κ2) is 9.50. The average molecular weight is 279 g/mol. The van der Waals surface area contributed by atoms with Crippen molar-refractivity contribution in [3.63, 3.8) is 0 Å². The Morgan fingerprint density at radius 3 is 2.65 bits per heavy atom. The molecule has 0 bridgehead atoms. The zero-order chi connectivity index (χ0) is 14.8. The highest BCUT2D eigenvalue weighted by Crippen LogP contribution is 2.06. The molecule has 0 spiro atoms. The molecule has 20 heavy (non-hydrogen) atoms. The lowest BCUT2D eigenvalue weighted by atomic mass is 10.1. The van der Waals surface area contributed by atoms with E-state index < -0.39 is 0 Å².